The topological polar surface area (TPSA) is 89.1 Å². The fourth-order valence-corrected chi connectivity index (χ4v) is 2.73. The summed E-state index contributed by atoms with van der Waals surface area (Å²) in [7, 11) is 0. The Kier molecular flexibility index (Phi) is 4.01. The van der Waals surface area contributed by atoms with Crippen molar-refractivity contribution in [3.8, 4) is 0 Å². The van der Waals surface area contributed by atoms with Gasteiger partial charge in [-0.2, -0.15) is 0 Å². The smallest absolute Gasteiger partial charge is 0.323 e. The van der Waals surface area contributed by atoms with Gasteiger partial charge in [-0.1, -0.05) is 18.2 Å². The first kappa shape index (κ1) is 13.8. The Morgan fingerprint density at radius 1 is 1.42 bits per heavy atom. The van der Waals surface area contributed by atoms with Crippen LogP contribution in [0.2, 0.25) is 0 Å². The van der Waals surface area contributed by atoms with Gasteiger partial charge in [0.2, 0.25) is 0 Å². The van der Waals surface area contributed by atoms with Crippen LogP contribution in [-0.4, -0.2) is 32.3 Å². The minimum atomic E-state index is -1.20. The molecule has 19 heavy (non-hydrogen) atoms. The summed E-state index contributed by atoms with van der Waals surface area (Å²) >= 11 is 1.50. The molecule has 0 spiro atoms. The Balaban J connectivity index is 2.09. The molecule has 0 amide bonds. The highest BCUT2D eigenvalue weighted by Gasteiger charge is 2.27. The van der Waals surface area contributed by atoms with Gasteiger partial charge in [-0.25, -0.2) is 9.97 Å². The van der Waals surface area contributed by atoms with Crippen LogP contribution in [0.5, 0.6) is 0 Å². The third-order valence-electron chi connectivity index (χ3n) is 2.86. The number of hydrogen-bond donors (Lipinski definition) is 2. The van der Waals surface area contributed by atoms with E-state index in [1.807, 2.05) is 24.3 Å². The third-order valence-corrected chi connectivity index (χ3v) is 3.86. The van der Waals surface area contributed by atoms with Crippen molar-refractivity contribution in [1.82, 2.24) is 9.97 Å². The third kappa shape index (κ3) is 3.21. The van der Waals surface area contributed by atoms with Crippen LogP contribution in [0.15, 0.2) is 35.6 Å². The van der Waals surface area contributed by atoms with Crippen LogP contribution in [0.25, 0.3) is 10.9 Å². The molecule has 1 atom stereocenters. The van der Waals surface area contributed by atoms with Crippen molar-refractivity contribution >= 4 is 28.6 Å². The summed E-state index contributed by atoms with van der Waals surface area (Å²) in [5.41, 5.74) is 5.38. The highest BCUT2D eigenvalue weighted by Crippen LogP contribution is 2.25. The van der Waals surface area contributed by atoms with Crippen LogP contribution in [0.4, 0.5) is 0 Å². The number of hydrogen-bond acceptors (Lipinski definition) is 5. The molecule has 0 radical (unpaired) electrons. The van der Waals surface area contributed by atoms with Gasteiger partial charge in [-0.15, -0.1) is 11.8 Å². The molecule has 0 aliphatic rings. The normalized spacial score (nSPS) is 14.2. The van der Waals surface area contributed by atoms with Crippen LogP contribution in [-0.2, 0) is 4.79 Å². The van der Waals surface area contributed by atoms with Crippen LogP contribution < -0.4 is 5.73 Å². The number of rotatable bonds is 5. The van der Waals surface area contributed by atoms with E-state index in [2.05, 4.69) is 9.97 Å². The molecule has 5 nitrogen and oxygen atoms in total. The molecule has 3 N–H and O–H groups in total. The number of carboxylic acid groups (broad SMARTS) is 1. The molecule has 6 heteroatoms. The molecule has 1 aromatic heterocycles. The van der Waals surface area contributed by atoms with Gasteiger partial charge in [0.05, 0.1) is 5.52 Å². The number of aliphatic carboxylic acids is 1. The summed E-state index contributed by atoms with van der Waals surface area (Å²) < 4.78 is 0. The maximum absolute atomic E-state index is 10.9. The average molecular weight is 277 g/mol. The molecule has 1 aromatic carbocycles. The summed E-state index contributed by atoms with van der Waals surface area (Å²) in [6.45, 7) is 1.52. The Hall–Kier alpha value is -1.66. The lowest BCUT2D eigenvalue weighted by molar-refractivity contribution is -0.142. The quantitative estimate of drug-likeness (QED) is 0.641. The van der Waals surface area contributed by atoms with E-state index in [1.165, 1.54) is 25.0 Å². The van der Waals surface area contributed by atoms with Gasteiger partial charge in [0.15, 0.2) is 0 Å². The van der Waals surface area contributed by atoms with E-state index in [1.54, 1.807) is 0 Å². The van der Waals surface area contributed by atoms with Crippen molar-refractivity contribution in [2.45, 2.75) is 23.9 Å². The number of aromatic nitrogens is 2. The lowest BCUT2D eigenvalue weighted by Crippen LogP contribution is -2.45. The van der Waals surface area contributed by atoms with Gasteiger partial charge < -0.3 is 10.8 Å². The first-order valence-electron chi connectivity index (χ1n) is 5.85. The summed E-state index contributed by atoms with van der Waals surface area (Å²) in [6.07, 6.45) is 1.90. The summed E-state index contributed by atoms with van der Waals surface area (Å²) in [5, 5.41) is 10.8. The Morgan fingerprint density at radius 3 is 2.89 bits per heavy atom. The van der Waals surface area contributed by atoms with E-state index in [0.717, 1.165) is 15.9 Å². The molecular weight excluding hydrogens is 262 g/mol. The van der Waals surface area contributed by atoms with E-state index < -0.39 is 11.5 Å². The van der Waals surface area contributed by atoms with Gasteiger partial charge in [0.25, 0.3) is 0 Å². The SMILES string of the molecule is CC(N)(CCSc1ncnc2ccccc12)C(=O)O. The van der Waals surface area contributed by atoms with E-state index >= 15 is 0 Å². The first-order valence-corrected chi connectivity index (χ1v) is 6.84. The van der Waals surface area contributed by atoms with E-state index in [9.17, 15) is 4.79 Å². The van der Waals surface area contributed by atoms with Crippen molar-refractivity contribution in [2.24, 2.45) is 5.73 Å². The van der Waals surface area contributed by atoms with E-state index in [-0.39, 0.29) is 0 Å². The van der Waals surface area contributed by atoms with Crippen molar-refractivity contribution in [3.63, 3.8) is 0 Å². The van der Waals surface area contributed by atoms with Crippen LogP contribution >= 0.6 is 11.8 Å². The molecular formula is C13H15N3O2S. The van der Waals surface area contributed by atoms with Crippen LogP contribution in [0, 0.1) is 0 Å². The summed E-state index contributed by atoms with van der Waals surface area (Å²) in [6, 6.07) is 7.73. The molecule has 0 bridgehead atoms. The Morgan fingerprint density at radius 2 is 2.16 bits per heavy atom. The Labute approximate surface area is 115 Å². The largest absolute Gasteiger partial charge is 0.480 e. The highest BCUT2D eigenvalue weighted by molar-refractivity contribution is 7.99. The number of nitrogens with two attached hydrogens (primary N) is 1. The second-order valence-electron chi connectivity index (χ2n) is 4.52. The van der Waals surface area contributed by atoms with Gasteiger partial charge in [-0.3, -0.25) is 4.79 Å². The van der Waals surface area contributed by atoms with Gasteiger partial charge in [0, 0.05) is 11.1 Å². The van der Waals surface area contributed by atoms with Crippen molar-refractivity contribution in [1.29, 1.82) is 0 Å². The average Bonchev–Trinajstić information content (AvgIpc) is 2.38. The van der Waals surface area contributed by atoms with Crippen molar-refractivity contribution in [2.75, 3.05) is 5.75 Å². The lowest BCUT2D eigenvalue weighted by atomic mass is 10.0. The predicted octanol–water partition coefficient (Wildman–Crippen LogP) is 1.91. The zero-order valence-electron chi connectivity index (χ0n) is 10.5. The standard InChI is InChI=1S/C13H15N3O2S/c1-13(14,12(17)18)6-7-19-11-9-4-2-3-5-10(9)15-8-16-11/h2-5,8H,6-7,14H2,1H3,(H,17,18). The minimum absolute atomic E-state index is 0.380. The van der Waals surface area contributed by atoms with Crippen LogP contribution in [0.3, 0.4) is 0 Å². The minimum Gasteiger partial charge on any atom is -0.480 e. The molecule has 0 fully saturated rings. The molecule has 0 saturated carbocycles. The maximum atomic E-state index is 10.9. The monoisotopic (exact) mass is 277 g/mol. The number of nitrogens with zero attached hydrogens (tertiary/aromatic N) is 2. The number of para-hydroxylation sites is 1. The number of fused-ring (bicyclic) bond motifs is 1. The second-order valence-corrected chi connectivity index (χ2v) is 5.60. The number of carbonyl (C=O) groups is 1. The highest BCUT2D eigenvalue weighted by atomic mass is 32.2. The lowest BCUT2D eigenvalue weighted by Gasteiger charge is -2.18. The molecule has 2 rings (SSSR count). The Bertz CT molecular complexity index is 596. The van der Waals surface area contributed by atoms with Gasteiger partial charge >= 0.3 is 5.97 Å². The molecule has 100 valence electrons. The maximum Gasteiger partial charge on any atom is 0.323 e. The predicted molar refractivity (Wildman–Crippen MR) is 75.1 cm³/mol. The molecule has 2 aromatic rings. The fourth-order valence-electron chi connectivity index (χ4n) is 1.56. The van der Waals surface area contributed by atoms with Crippen molar-refractivity contribution < 1.29 is 9.90 Å². The molecule has 1 unspecified atom stereocenters. The molecule has 0 saturated heterocycles. The van der Waals surface area contributed by atoms with Crippen molar-refractivity contribution in [3.05, 3.63) is 30.6 Å². The molecule has 0 aliphatic carbocycles. The van der Waals surface area contributed by atoms with E-state index in [4.69, 9.17) is 10.8 Å². The van der Waals surface area contributed by atoms with Gasteiger partial charge in [0.1, 0.15) is 16.9 Å². The van der Waals surface area contributed by atoms with E-state index in [0.29, 0.717) is 12.2 Å². The van der Waals surface area contributed by atoms with Gasteiger partial charge in [-0.05, 0) is 19.4 Å². The van der Waals surface area contributed by atoms with Crippen LogP contribution in [0.1, 0.15) is 13.3 Å². The number of carboxylic acids is 1. The molecule has 1 heterocycles. The zero-order valence-corrected chi connectivity index (χ0v) is 11.4. The molecule has 0 aliphatic heterocycles. The zero-order chi connectivity index (χ0) is 13.9. The summed E-state index contributed by atoms with van der Waals surface area (Å²) in [4.78, 5) is 19.3. The fraction of sp³-hybridized carbons (Fsp3) is 0.308. The number of thioether (sulfide) groups is 1. The first-order chi connectivity index (χ1) is 9.00. The second kappa shape index (κ2) is 5.54. The number of benzene rings is 1. The summed E-state index contributed by atoms with van der Waals surface area (Å²) in [5.74, 6) is -0.388.